The highest BCUT2D eigenvalue weighted by atomic mass is 16.4. The van der Waals surface area contributed by atoms with Crippen molar-refractivity contribution in [3.63, 3.8) is 0 Å². The first-order valence-corrected chi connectivity index (χ1v) is 4.46. The minimum Gasteiger partial charge on any atom is -0.465 e. The Hall–Kier alpha value is -0.770. The van der Waals surface area contributed by atoms with Crippen molar-refractivity contribution < 1.29 is 9.90 Å². The minimum absolute atomic E-state index is 0.597. The summed E-state index contributed by atoms with van der Waals surface area (Å²) in [6.45, 7) is 2.76. The Kier molecular flexibility index (Phi) is 3.87. The van der Waals surface area contributed by atoms with E-state index in [-0.39, 0.29) is 0 Å². The van der Waals surface area contributed by atoms with E-state index in [0.29, 0.717) is 12.5 Å². The normalized spacial score (nSPS) is 19.0. The first-order chi connectivity index (χ1) is 5.79. The van der Waals surface area contributed by atoms with Crippen molar-refractivity contribution in [2.45, 2.75) is 19.3 Å². The summed E-state index contributed by atoms with van der Waals surface area (Å²) in [5.41, 5.74) is 0. The van der Waals surface area contributed by atoms with Gasteiger partial charge in [-0.1, -0.05) is 0 Å². The highest BCUT2D eigenvalue weighted by molar-refractivity contribution is 5.64. The van der Waals surface area contributed by atoms with E-state index in [1.165, 1.54) is 12.8 Å². The summed E-state index contributed by atoms with van der Waals surface area (Å²) >= 11 is 0. The van der Waals surface area contributed by atoms with Crippen LogP contribution >= 0.6 is 0 Å². The Labute approximate surface area is 72.3 Å². The van der Waals surface area contributed by atoms with Crippen molar-refractivity contribution in [2.75, 3.05) is 19.6 Å². The third-order valence-electron chi connectivity index (χ3n) is 2.29. The topological polar surface area (TPSA) is 61.4 Å². The molecule has 1 saturated heterocycles. The van der Waals surface area contributed by atoms with E-state index in [1.54, 1.807) is 0 Å². The third-order valence-corrected chi connectivity index (χ3v) is 2.29. The molecule has 0 unspecified atom stereocenters. The van der Waals surface area contributed by atoms with Crippen LogP contribution in [0.3, 0.4) is 0 Å². The van der Waals surface area contributed by atoms with Gasteiger partial charge in [0, 0.05) is 6.54 Å². The van der Waals surface area contributed by atoms with Crippen LogP contribution in [0.4, 0.5) is 4.79 Å². The largest absolute Gasteiger partial charge is 0.465 e. The molecule has 0 aromatic heterocycles. The van der Waals surface area contributed by atoms with E-state index in [4.69, 9.17) is 5.11 Å². The van der Waals surface area contributed by atoms with E-state index in [0.717, 1.165) is 19.5 Å². The Bertz CT molecular complexity index is 144. The smallest absolute Gasteiger partial charge is 0.404 e. The molecular weight excluding hydrogens is 156 g/mol. The molecule has 1 amide bonds. The van der Waals surface area contributed by atoms with Crippen molar-refractivity contribution in [3.05, 3.63) is 0 Å². The van der Waals surface area contributed by atoms with E-state index in [1.807, 2.05) is 0 Å². The predicted molar refractivity (Wildman–Crippen MR) is 46.2 cm³/mol. The predicted octanol–water partition coefficient (Wildman–Crippen LogP) is 0.644. The van der Waals surface area contributed by atoms with Crippen molar-refractivity contribution in [3.8, 4) is 0 Å². The first-order valence-electron chi connectivity index (χ1n) is 4.46. The number of hydrogen-bond donors (Lipinski definition) is 3. The van der Waals surface area contributed by atoms with Crippen molar-refractivity contribution in [1.82, 2.24) is 10.6 Å². The molecule has 0 saturated carbocycles. The Morgan fingerprint density at radius 3 is 2.75 bits per heavy atom. The second-order valence-corrected chi connectivity index (χ2v) is 3.21. The van der Waals surface area contributed by atoms with Gasteiger partial charge >= 0.3 is 6.09 Å². The van der Waals surface area contributed by atoms with Gasteiger partial charge in [0.15, 0.2) is 0 Å². The minimum atomic E-state index is -0.913. The third kappa shape index (κ3) is 3.57. The molecule has 0 aromatic carbocycles. The zero-order valence-corrected chi connectivity index (χ0v) is 7.18. The fourth-order valence-corrected chi connectivity index (χ4v) is 1.55. The maximum atomic E-state index is 10.1. The molecule has 1 aliphatic heterocycles. The number of hydrogen-bond acceptors (Lipinski definition) is 2. The number of piperidine rings is 1. The standard InChI is InChI=1S/C8H16N2O2/c11-8(12)10-6-3-7-1-4-9-5-2-7/h7,9-10H,1-6H2,(H,11,12). The highest BCUT2D eigenvalue weighted by Crippen LogP contribution is 2.14. The average molecular weight is 172 g/mol. The van der Waals surface area contributed by atoms with E-state index in [2.05, 4.69) is 10.6 Å². The van der Waals surface area contributed by atoms with Crippen LogP contribution < -0.4 is 10.6 Å². The molecule has 12 heavy (non-hydrogen) atoms. The van der Waals surface area contributed by atoms with E-state index < -0.39 is 6.09 Å². The van der Waals surface area contributed by atoms with Gasteiger partial charge in [-0.05, 0) is 38.3 Å². The van der Waals surface area contributed by atoms with E-state index >= 15 is 0 Å². The maximum Gasteiger partial charge on any atom is 0.404 e. The molecule has 1 heterocycles. The van der Waals surface area contributed by atoms with Crippen LogP contribution in [-0.4, -0.2) is 30.8 Å². The molecule has 70 valence electrons. The molecule has 1 aliphatic rings. The SMILES string of the molecule is O=C(O)NCCC1CCNCC1. The summed E-state index contributed by atoms with van der Waals surface area (Å²) in [4.78, 5) is 10.1. The van der Waals surface area contributed by atoms with Gasteiger partial charge in [-0.15, -0.1) is 0 Å². The van der Waals surface area contributed by atoms with Gasteiger partial charge in [0.25, 0.3) is 0 Å². The molecule has 0 atom stereocenters. The summed E-state index contributed by atoms with van der Waals surface area (Å²) in [6.07, 6.45) is 2.43. The van der Waals surface area contributed by atoms with Gasteiger partial charge in [-0.25, -0.2) is 4.79 Å². The van der Waals surface area contributed by atoms with Gasteiger partial charge < -0.3 is 15.7 Å². The average Bonchev–Trinajstić information content (AvgIpc) is 2.05. The van der Waals surface area contributed by atoms with Crippen LogP contribution in [0.25, 0.3) is 0 Å². The second kappa shape index (κ2) is 4.98. The molecule has 1 rings (SSSR count). The summed E-state index contributed by atoms with van der Waals surface area (Å²) in [6, 6.07) is 0. The van der Waals surface area contributed by atoms with Crippen molar-refractivity contribution in [1.29, 1.82) is 0 Å². The Balaban J connectivity index is 2.01. The van der Waals surface area contributed by atoms with Gasteiger partial charge in [-0.2, -0.15) is 0 Å². The second-order valence-electron chi connectivity index (χ2n) is 3.21. The van der Waals surface area contributed by atoms with Crippen LogP contribution in [0.5, 0.6) is 0 Å². The fourth-order valence-electron chi connectivity index (χ4n) is 1.55. The van der Waals surface area contributed by atoms with Gasteiger partial charge in [0.1, 0.15) is 0 Å². The summed E-state index contributed by atoms with van der Waals surface area (Å²) in [5, 5.41) is 14.0. The summed E-state index contributed by atoms with van der Waals surface area (Å²) in [7, 11) is 0. The Morgan fingerprint density at radius 1 is 1.50 bits per heavy atom. The molecule has 4 heteroatoms. The molecule has 1 fully saturated rings. The van der Waals surface area contributed by atoms with Gasteiger partial charge in [-0.3, -0.25) is 0 Å². The lowest BCUT2D eigenvalue weighted by Crippen LogP contribution is -2.30. The maximum absolute atomic E-state index is 10.1. The zero-order chi connectivity index (χ0) is 8.81. The highest BCUT2D eigenvalue weighted by Gasteiger charge is 2.12. The first kappa shape index (κ1) is 9.32. The molecule has 0 bridgehead atoms. The monoisotopic (exact) mass is 172 g/mol. The molecule has 0 aliphatic carbocycles. The quantitative estimate of drug-likeness (QED) is 0.585. The lowest BCUT2D eigenvalue weighted by molar-refractivity contribution is 0.193. The number of nitrogens with one attached hydrogen (secondary N) is 2. The Morgan fingerprint density at radius 2 is 2.17 bits per heavy atom. The van der Waals surface area contributed by atoms with Crippen LogP contribution in [0.2, 0.25) is 0 Å². The number of carbonyl (C=O) groups is 1. The molecular formula is C8H16N2O2. The van der Waals surface area contributed by atoms with Crippen molar-refractivity contribution >= 4 is 6.09 Å². The van der Waals surface area contributed by atoms with Gasteiger partial charge in [0.05, 0.1) is 0 Å². The zero-order valence-electron chi connectivity index (χ0n) is 7.18. The van der Waals surface area contributed by atoms with Crippen LogP contribution in [0.1, 0.15) is 19.3 Å². The lowest BCUT2D eigenvalue weighted by Gasteiger charge is -2.22. The van der Waals surface area contributed by atoms with Crippen molar-refractivity contribution in [2.24, 2.45) is 5.92 Å². The van der Waals surface area contributed by atoms with Gasteiger partial charge in [0.2, 0.25) is 0 Å². The van der Waals surface area contributed by atoms with E-state index in [9.17, 15) is 4.79 Å². The number of rotatable bonds is 3. The van der Waals surface area contributed by atoms with Crippen LogP contribution in [-0.2, 0) is 0 Å². The number of carboxylic acid groups (broad SMARTS) is 1. The van der Waals surface area contributed by atoms with Crippen LogP contribution in [0.15, 0.2) is 0 Å². The molecule has 3 N–H and O–H groups in total. The number of amides is 1. The molecule has 0 radical (unpaired) electrons. The molecule has 0 aromatic rings. The molecule has 4 nitrogen and oxygen atoms in total. The van der Waals surface area contributed by atoms with Crippen LogP contribution in [0, 0.1) is 5.92 Å². The molecule has 0 spiro atoms. The summed E-state index contributed by atoms with van der Waals surface area (Å²) in [5.74, 6) is 0.707. The lowest BCUT2D eigenvalue weighted by atomic mass is 9.95. The fraction of sp³-hybridized carbons (Fsp3) is 0.875. The summed E-state index contributed by atoms with van der Waals surface area (Å²) < 4.78 is 0.